The van der Waals surface area contributed by atoms with Crippen molar-refractivity contribution in [1.29, 1.82) is 0 Å². The van der Waals surface area contributed by atoms with Crippen molar-refractivity contribution >= 4 is 5.97 Å². The number of unbranched alkanes of at least 4 members (excludes halogenated alkanes) is 1. The second-order valence-electron chi connectivity index (χ2n) is 10.1. The summed E-state index contributed by atoms with van der Waals surface area (Å²) >= 11 is 0. The van der Waals surface area contributed by atoms with Gasteiger partial charge in [-0.3, -0.25) is 9.18 Å². The highest BCUT2D eigenvalue weighted by atomic mass is 19.1. The summed E-state index contributed by atoms with van der Waals surface area (Å²) in [6.45, 7) is 5.01. The normalized spacial score (nSPS) is 18.8. The molecule has 0 aliphatic heterocycles. The van der Waals surface area contributed by atoms with Gasteiger partial charge in [-0.1, -0.05) is 50.1 Å². The Hall–Kier alpha value is -2.20. The van der Waals surface area contributed by atoms with Crippen molar-refractivity contribution in [2.45, 2.75) is 78.1 Å². The van der Waals surface area contributed by atoms with E-state index in [9.17, 15) is 14.3 Å². The summed E-state index contributed by atoms with van der Waals surface area (Å²) in [6, 6.07) is 14.7. The topological polar surface area (TPSA) is 46.5 Å². The standard InChI is InChI=1S/C29H39FO3/c1-4-22-19-26(33-28(32)29(2,3)20-31)16-17-27(22)25-14-12-24(13-15-25)23-10-8-21(9-11-23)7-5-6-18-30/h12-17,19,21,23,31H,4-11,18,20H2,1-3H3. The molecule has 3 nitrogen and oxygen atoms in total. The van der Waals surface area contributed by atoms with Gasteiger partial charge in [0.1, 0.15) is 5.75 Å². The average molecular weight is 455 g/mol. The highest BCUT2D eigenvalue weighted by Gasteiger charge is 2.29. The van der Waals surface area contributed by atoms with Crippen LogP contribution < -0.4 is 4.74 Å². The van der Waals surface area contributed by atoms with Gasteiger partial charge in [-0.25, -0.2) is 0 Å². The number of benzene rings is 2. The molecule has 0 bridgehead atoms. The van der Waals surface area contributed by atoms with E-state index in [-0.39, 0.29) is 13.3 Å². The van der Waals surface area contributed by atoms with Crippen LogP contribution in [0.15, 0.2) is 42.5 Å². The van der Waals surface area contributed by atoms with Gasteiger partial charge in [-0.05, 0) is 98.6 Å². The SMILES string of the molecule is CCc1cc(OC(=O)C(C)(C)CO)ccc1-c1ccc(C2CCC(CCCCF)CC2)cc1. The van der Waals surface area contributed by atoms with Gasteiger partial charge >= 0.3 is 5.97 Å². The molecule has 0 radical (unpaired) electrons. The van der Waals surface area contributed by atoms with Crippen LogP contribution in [-0.2, 0) is 11.2 Å². The molecular weight excluding hydrogens is 415 g/mol. The van der Waals surface area contributed by atoms with E-state index in [0.717, 1.165) is 29.9 Å². The van der Waals surface area contributed by atoms with Crippen LogP contribution in [0.25, 0.3) is 11.1 Å². The van der Waals surface area contributed by atoms with Crippen LogP contribution in [0, 0.1) is 11.3 Å². The number of aliphatic hydroxyl groups excluding tert-OH is 1. The summed E-state index contributed by atoms with van der Waals surface area (Å²) in [4.78, 5) is 12.3. The lowest BCUT2D eigenvalue weighted by atomic mass is 9.77. The van der Waals surface area contributed by atoms with E-state index in [1.807, 2.05) is 18.2 Å². The number of hydrogen-bond acceptors (Lipinski definition) is 3. The minimum absolute atomic E-state index is 0.183. The number of carbonyl (C=O) groups excluding carboxylic acids is 1. The Morgan fingerprint density at radius 1 is 1.06 bits per heavy atom. The second-order valence-corrected chi connectivity index (χ2v) is 10.1. The summed E-state index contributed by atoms with van der Waals surface area (Å²) in [5.41, 5.74) is 3.94. The number of rotatable bonds is 10. The lowest BCUT2D eigenvalue weighted by molar-refractivity contribution is -0.146. The van der Waals surface area contributed by atoms with Crippen LogP contribution in [0.5, 0.6) is 5.75 Å². The molecule has 0 atom stereocenters. The summed E-state index contributed by atoms with van der Waals surface area (Å²) in [6.07, 6.45) is 8.71. The number of esters is 1. The first-order valence-corrected chi connectivity index (χ1v) is 12.5. The molecule has 0 saturated heterocycles. The van der Waals surface area contributed by atoms with Gasteiger partial charge in [0.2, 0.25) is 0 Å². The highest BCUT2D eigenvalue weighted by molar-refractivity contribution is 5.79. The first kappa shape index (κ1) is 25.4. The van der Waals surface area contributed by atoms with Crippen molar-refractivity contribution in [2.75, 3.05) is 13.3 Å². The van der Waals surface area contributed by atoms with Gasteiger partial charge in [-0.15, -0.1) is 0 Å². The summed E-state index contributed by atoms with van der Waals surface area (Å²) in [7, 11) is 0. The maximum Gasteiger partial charge on any atom is 0.319 e. The minimum Gasteiger partial charge on any atom is -0.426 e. The fourth-order valence-corrected chi connectivity index (χ4v) is 4.76. The number of carbonyl (C=O) groups is 1. The Bertz CT molecular complexity index is 896. The number of halogens is 1. The van der Waals surface area contributed by atoms with Crippen molar-refractivity contribution in [3.8, 4) is 16.9 Å². The van der Waals surface area contributed by atoms with E-state index in [1.165, 1.54) is 43.2 Å². The molecule has 1 aliphatic rings. The molecule has 1 saturated carbocycles. The van der Waals surface area contributed by atoms with Crippen LogP contribution in [0.4, 0.5) is 4.39 Å². The molecule has 0 unspecified atom stereocenters. The first-order chi connectivity index (χ1) is 15.9. The predicted molar refractivity (Wildman–Crippen MR) is 132 cm³/mol. The monoisotopic (exact) mass is 454 g/mol. The van der Waals surface area contributed by atoms with Gasteiger partial charge in [0.25, 0.3) is 0 Å². The molecule has 2 aromatic carbocycles. The molecule has 1 N–H and O–H groups in total. The lowest BCUT2D eigenvalue weighted by Gasteiger charge is -2.29. The lowest BCUT2D eigenvalue weighted by Crippen LogP contribution is -2.32. The number of hydrogen-bond donors (Lipinski definition) is 1. The minimum atomic E-state index is -0.922. The summed E-state index contributed by atoms with van der Waals surface area (Å²) in [5.74, 6) is 1.48. The molecule has 0 heterocycles. The number of ether oxygens (including phenoxy) is 1. The molecule has 1 fully saturated rings. The van der Waals surface area contributed by atoms with Gasteiger partial charge in [-0.2, -0.15) is 0 Å². The molecule has 0 amide bonds. The van der Waals surface area contributed by atoms with Crippen LogP contribution >= 0.6 is 0 Å². The molecule has 1 aliphatic carbocycles. The molecular formula is C29H39FO3. The Balaban J connectivity index is 1.65. The van der Waals surface area contributed by atoms with Crippen molar-refractivity contribution in [3.63, 3.8) is 0 Å². The molecule has 2 aromatic rings. The molecule has 4 heteroatoms. The van der Waals surface area contributed by atoms with Crippen LogP contribution in [0.1, 0.15) is 82.8 Å². The summed E-state index contributed by atoms with van der Waals surface area (Å²) in [5, 5.41) is 9.40. The van der Waals surface area contributed by atoms with Crippen molar-refractivity contribution < 1.29 is 19.0 Å². The van der Waals surface area contributed by atoms with Gasteiger partial charge < -0.3 is 9.84 Å². The zero-order chi connectivity index (χ0) is 23.8. The Kier molecular flexibility index (Phi) is 9.08. The molecule has 0 aromatic heterocycles. The van der Waals surface area contributed by atoms with Crippen molar-refractivity contribution in [2.24, 2.45) is 11.3 Å². The third kappa shape index (κ3) is 6.66. The summed E-state index contributed by atoms with van der Waals surface area (Å²) < 4.78 is 17.9. The second kappa shape index (κ2) is 11.8. The molecule has 0 spiro atoms. The third-order valence-electron chi connectivity index (χ3n) is 7.15. The zero-order valence-corrected chi connectivity index (χ0v) is 20.4. The van der Waals surface area contributed by atoms with E-state index in [4.69, 9.17) is 4.74 Å². The van der Waals surface area contributed by atoms with Gasteiger partial charge in [0.05, 0.1) is 18.7 Å². The van der Waals surface area contributed by atoms with Crippen molar-refractivity contribution in [3.05, 3.63) is 53.6 Å². The van der Waals surface area contributed by atoms with E-state index < -0.39 is 11.4 Å². The smallest absolute Gasteiger partial charge is 0.319 e. The largest absolute Gasteiger partial charge is 0.426 e. The average Bonchev–Trinajstić information content (AvgIpc) is 2.84. The molecule has 33 heavy (non-hydrogen) atoms. The van der Waals surface area contributed by atoms with E-state index in [0.29, 0.717) is 18.1 Å². The predicted octanol–water partition coefficient (Wildman–Crippen LogP) is 7.25. The van der Waals surface area contributed by atoms with Gasteiger partial charge in [0, 0.05) is 0 Å². The quantitative estimate of drug-likeness (QED) is 0.234. The molecule has 180 valence electrons. The first-order valence-electron chi connectivity index (χ1n) is 12.5. The van der Waals surface area contributed by atoms with Crippen LogP contribution in [0.2, 0.25) is 0 Å². The Morgan fingerprint density at radius 3 is 2.36 bits per heavy atom. The number of aryl methyl sites for hydroxylation is 1. The maximum atomic E-state index is 12.3. The van der Waals surface area contributed by atoms with E-state index in [2.05, 4.69) is 31.2 Å². The number of aliphatic hydroxyl groups is 1. The van der Waals surface area contributed by atoms with Crippen LogP contribution in [0.3, 0.4) is 0 Å². The fraction of sp³-hybridized carbons (Fsp3) is 0.552. The third-order valence-corrected chi connectivity index (χ3v) is 7.15. The zero-order valence-electron chi connectivity index (χ0n) is 20.4. The highest BCUT2D eigenvalue weighted by Crippen LogP contribution is 2.38. The Labute approximate surface area is 198 Å². The molecule has 3 rings (SSSR count). The fourth-order valence-electron chi connectivity index (χ4n) is 4.76. The van der Waals surface area contributed by atoms with E-state index in [1.54, 1.807) is 13.8 Å². The number of alkyl halides is 1. The van der Waals surface area contributed by atoms with Gasteiger partial charge in [0.15, 0.2) is 0 Å². The van der Waals surface area contributed by atoms with Crippen LogP contribution in [-0.4, -0.2) is 24.4 Å². The Morgan fingerprint density at radius 2 is 1.76 bits per heavy atom. The maximum absolute atomic E-state index is 12.3. The van der Waals surface area contributed by atoms with Crippen molar-refractivity contribution in [1.82, 2.24) is 0 Å². The van der Waals surface area contributed by atoms with E-state index >= 15 is 0 Å².